The Morgan fingerprint density at radius 3 is 2.66 bits per heavy atom. The Bertz CT molecular complexity index is 1240. The molecular weight excluding hydrogens is 476 g/mol. The standard InChI is InChI=1S/C31H38N4O3/c1-6-9-16-25(35-27(36)20-31(7-2,8-3)34-29(35)32)21-13-12-14-22(18-21)28(37)33-24-19-30(4,5)38-26-17-11-10-15-23(24)26/h1,10-15,17-18,24-25H,7-9,16,19-20H2,2-5H3,(H2,32,34)(H,33,37)/t24-,25+/m0/s1. The topological polar surface area (TPSA) is 94.5 Å². The van der Waals surface area contributed by atoms with Gasteiger partial charge in [-0.15, -0.1) is 12.3 Å². The highest BCUT2D eigenvalue weighted by Gasteiger charge is 2.42. The quantitative estimate of drug-likeness (QED) is 0.406. The number of rotatable bonds is 8. The second-order valence-electron chi connectivity index (χ2n) is 10.9. The van der Waals surface area contributed by atoms with Gasteiger partial charge in [0.1, 0.15) is 11.4 Å². The Morgan fingerprint density at radius 2 is 1.97 bits per heavy atom. The largest absolute Gasteiger partial charge is 0.487 e. The van der Waals surface area contributed by atoms with Gasteiger partial charge in [-0.2, -0.15) is 0 Å². The van der Waals surface area contributed by atoms with E-state index in [4.69, 9.17) is 16.6 Å². The van der Waals surface area contributed by atoms with E-state index in [9.17, 15) is 9.59 Å². The zero-order valence-corrected chi connectivity index (χ0v) is 22.8. The Kier molecular flexibility index (Phi) is 7.82. The molecule has 0 radical (unpaired) electrons. The molecule has 2 aromatic rings. The number of hydrogen-bond acceptors (Lipinski definition) is 4. The average molecular weight is 515 g/mol. The predicted octanol–water partition coefficient (Wildman–Crippen LogP) is 5.49. The molecule has 3 N–H and O–H groups in total. The summed E-state index contributed by atoms with van der Waals surface area (Å²) in [5, 5.41) is 15.2. The zero-order valence-electron chi connectivity index (χ0n) is 22.8. The van der Waals surface area contributed by atoms with Gasteiger partial charge in [-0.05, 0) is 56.9 Å². The molecule has 2 aromatic carbocycles. The average Bonchev–Trinajstić information content (AvgIpc) is 2.89. The lowest BCUT2D eigenvalue weighted by Crippen LogP contribution is -2.62. The van der Waals surface area contributed by atoms with E-state index in [1.807, 2.05) is 70.2 Å². The normalized spacial score (nSPS) is 20.4. The van der Waals surface area contributed by atoms with E-state index in [1.54, 1.807) is 6.07 Å². The van der Waals surface area contributed by atoms with Crippen molar-refractivity contribution >= 4 is 17.8 Å². The maximum absolute atomic E-state index is 13.5. The Labute approximate surface area is 225 Å². The van der Waals surface area contributed by atoms with Crippen molar-refractivity contribution in [3.63, 3.8) is 0 Å². The van der Waals surface area contributed by atoms with Crippen LogP contribution in [0.2, 0.25) is 0 Å². The number of carbonyl (C=O) groups is 2. The monoisotopic (exact) mass is 514 g/mol. The van der Waals surface area contributed by atoms with E-state index in [0.29, 0.717) is 31.2 Å². The van der Waals surface area contributed by atoms with E-state index in [-0.39, 0.29) is 23.8 Å². The van der Waals surface area contributed by atoms with Gasteiger partial charge in [-0.1, -0.05) is 44.2 Å². The summed E-state index contributed by atoms with van der Waals surface area (Å²) in [5.74, 6) is 3.23. The van der Waals surface area contributed by atoms with E-state index < -0.39 is 17.2 Å². The number of amides is 2. The molecule has 2 aliphatic rings. The first kappa shape index (κ1) is 27.3. The summed E-state index contributed by atoms with van der Waals surface area (Å²) in [6.07, 6.45) is 8.98. The molecule has 7 heteroatoms. The van der Waals surface area contributed by atoms with Crippen molar-refractivity contribution in [3.8, 4) is 18.1 Å². The summed E-state index contributed by atoms with van der Waals surface area (Å²) in [6.45, 7) is 8.09. The van der Waals surface area contributed by atoms with Crippen molar-refractivity contribution in [2.24, 2.45) is 0 Å². The van der Waals surface area contributed by atoms with Crippen LogP contribution in [-0.2, 0) is 4.79 Å². The highest BCUT2D eigenvalue weighted by atomic mass is 16.5. The smallest absolute Gasteiger partial charge is 0.251 e. The number of fused-ring (bicyclic) bond motifs is 1. The molecule has 2 amide bonds. The minimum Gasteiger partial charge on any atom is -0.487 e. The molecule has 0 aliphatic carbocycles. The number of terminal acetylenes is 1. The van der Waals surface area contributed by atoms with Crippen LogP contribution < -0.4 is 15.4 Å². The molecular formula is C31H38N4O3. The second kappa shape index (κ2) is 10.9. The molecule has 2 heterocycles. The summed E-state index contributed by atoms with van der Waals surface area (Å²) in [6, 6.07) is 14.4. The molecule has 2 aliphatic heterocycles. The first-order chi connectivity index (χ1) is 18.1. The van der Waals surface area contributed by atoms with E-state index in [2.05, 4.69) is 16.6 Å². The molecule has 0 bridgehead atoms. The number of benzene rings is 2. The summed E-state index contributed by atoms with van der Waals surface area (Å²) in [5.41, 5.74) is 1.41. The lowest BCUT2D eigenvalue weighted by molar-refractivity contribution is -0.132. The van der Waals surface area contributed by atoms with Crippen LogP contribution in [0, 0.1) is 17.8 Å². The van der Waals surface area contributed by atoms with E-state index in [0.717, 1.165) is 29.7 Å². The molecule has 0 spiro atoms. The maximum atomic E-state index is 13.5. The van der Waals surface area contributed by atoms with Crippen molar-refractivity contribution in [1.29, 1.82) is 5.41 Å². The first-order valence-electron chi connectivity index (χ1n) is 13.4. The van der Waals surface area contributed by atoms with E-state index >= 15 is 0 Å². The first-order valence-corrected chi connectivity index (χ1v) is 13.4. The third kappa shape index (κ3) is 5.55. The molecule has 7 nitrogen and oxygen atoms in total. The summed E-state index contributed by atoms with van der Waals surface area (Å²) < 4.78 is 6.11. The fourth-order valence-corrected chi connectivity index (χ4v) is 5.59. The summed E-state index contributed by atoms with van der Waals surface area (Å²) in [7, 11) is 0. The Hall–Kier alpha value is -3.79. The number of hydrogen-bond donors (Lipinski definition) is 3. The van der Waals surface area contributed by atoms with Gasteiger partial charge in [0.15, 0.2) is 5.96 Å². The van der Waals surface area contributed by atoms with Gasteiger partial charge < -0.3 is 15.4 Å². The minimum absolute atomic E-state index is 0.0860. The molecule has 4 rings (SSSR count). The van der Waals surface area contributed by atoms with E-state index in [1.165, 1.54) is 4.90 Å². The Balaban J connectivity index is 1.60. The number of nitrogens with one attached hydrogen (secondary N) is 3. The number of guanidine groups is 1. The van der Waals surface area contributed by atoms with Crippen molar-refractivity contribution in [2.45, 2.75) is 89.4 Å². The lowest BCUT2D eigenvalue weighted by atomic mass is 9.85. The fourth-order valence-electron chi connectivity index (χ4n) is 5.59. The van der Waals surface area contributed by atoms with Crippen LogP contribution in [-0.4, -0.2) is 33.8 Å². The van der Waals surface area contributed by atoms with Crippen LogP contribution in [0.25, 0.3) is 0 Å². The molecule has 2 atom stereocenters. The molecule has 1 saturated heterocycles. The van der Waals surface area contributed by atoms with Gasteiger partial charge in [-0.25, -0.2) is 0 Å². The van der Waals surface area contributed by atoms with Crippen LogP contribution in [0.1, 0.15) is 99.8 Å². The van der Waals surface area contributed by atoms with Crippen LogP contribution in [0.5, 0.6) is 5.75 Å². The van der Waals surface area contributed by atoms with Gasteiger partial charge in [0.25, 0.3) is 5.91 Å². The third-order valence-corrected chi connectivity index (χ3v) is 7.83. The van der Waals surface area contributed by atoms with Gasteiger partial charge in [0.2, 0.25) is 5.91 Å². The van der Waals surface area contributed by atoms with Crippen LogP contribution in [0.4, 0.5) is 0 Å². The van der Waals surface area contributed by atoms with Crippen LogP contribution in [0.3, 0.4) is 0 Å². The maximum Gasteiger partial charge on any atom is 0.251 e. The summed E-state index contributed by atoms with van der Waals surface area (Å²) >= 11 is 0. The van der Waals surface area contributed by atoms with Gasteiger partial charge >= 0.3 is 0 Å². The van der Waals surface area contributed by atoms with Gasteiger partial charge in [0.05, 0.1) is 18.5 Å². The van der Waals surface area contributed by atoms with Crippen molar-refractivity contribution < 1.29 is 14.3 Å². The van der Waals surface area contributed by atoms with Crippen molar-refractivity contribution in [1.82, 2.24) is 15.5 Å². The third-order valence-electron chi connectivity index (χ3n) is 7.83. The second-order valence-corrected chi connectivity index (χ2v) is 10.9. The SMILES string of the molecule is C#CCC[C@H](c1cccc(C(=O)N[C@H]2CC(C)(C)Oc3ccccc32)c1)N1C(=N)NC(CC)(CC)CC1=O. The molecule has 200 valence electrons. The number of para-hydroxylation sites is 1. The molecule has 1 fully saturated rings. The molecule has 38 heavy (non-hydrogen) atoms. The van der Waals surface area contributed by atoms with Gasteiger partial charge in [0, 0.05) is 29.5 Å². The highest BCUT2D eigenvalue weighted by Crippen LogP contribution is 2.39. The zero-order chi connectivity index (χ0) is 27.5. The fraction of sp³-hybridized carbons (Fsp3) is 0.452. The molecule has 0 saturated carbocycles. The summed E-state index contributed by atoms with van der Waals surface area (Å²) in [4.78, 5) is 28.4. The van der Waals surface area contributed by atoms with Gasteiger partial charge in [-0.3, -0.25) is 19.9 Å². The predicted molar refractivity (Wildman–Crippen MR) is 149 cm³/mol. The molecule has 0 unspecified atom stereocenters. The van der Waals surface area contributed by atoms with Crippen molar-refractivity contribution in [2.75, 3.05) is 0 Å². The van der Waals surface area contributed by atoms with Crippen LogP contribution >= 0.6 is 0 Å². The Morgan fingerprint density at radius 1 is 1.24 bits per heavy atom. The highest BCUT2D eigenvalue weighted by molar-refractivity contribution is 6.00. The lowest BCUT2D eigenvalue weighted by Gasteiger charge is -2.45. The minimum atomic E-state index is -0.444. The number of ether oxygens (including phenoxy) is 1. The van der Waals surface area contributed by atoms with Crippen LogP contribution in [0.15, 0.2) is 48.5 Å². The van der Waals surface area contributed by atoms with Crippen molar-refractivity contribution in [3.05, 3.63) is 65.2 Å². The molecule has 0 aromatic heterocycles. The number of carbonyl (C=O) groups excluding carboxylic acids is 2. The number of nitrogens with zero attached hydrogens (tertiary/aromatic N) is 1.